The highest BCUT2D eigenvalue weighted by Crippen LogP contribution is 2.42. The van der Waals surface area contributed by atoms with Crippen molar-refractivity contribution in [3.8, 4) is 62.4 Å². The predicted octanol–water partition coefficient (Wildman–Crippen LogP) is 15.8. The summed E-state index contributed by atoms with van der Waals surface area (Å²) < 4.78 is 7.16. The summed E-state index contributed by atoms with van der Waals surface area (Å²) in [5, 5.41) is 7.22. The van der Waals surface area contributed by atoms with Gasteiger partial charge in [-0.15, -0.1) is 0 Å². The smallest absolute Gasteiger partial charge is 0.166 e. The molecule has 6 heteroatoms. The lowest BCUT2D eigenvalue weighted by atomic mass is 9.99. The minimum Gasteiger partial charge on any atom is -0.309 e. The molecule has 0 fully saturated rings. The van der Waals surface area contributed by atoms with Gasteiger partial charge in [0.1, 0.15) is 0 Å². The molecular formula is C63H40N6. The minimum absolute atomic E-state index is 0.590. The predicted molar refractivity (Wildman–Crippen MR) is 285 cm³/mol. The Morgan fingerprint density at radius 2 is 0.652 bits per heavy atom. The van der Waals surface area contributed by atoms with Gasteiger partial charge in [-0.1, -0.05) is 170 Å². The van der Waals surface area contributed by atoms with Gasteiger partial charge in [0.2, 0.25) is 0 Å². The first-order chi connectivity index (χ1) is 34.2. The summed E-state index contributed by atoms with van der Waals surface area (Å²) in [5.41, 5.74) is 14.9. The molecule has 0 aliphatic carbocycles. The van der Waals surface area contributed by atoms with Crippen molar-refractivity contribution in [2.45, 2.75) is 0 Å². The zero-order valence-electron chi connectivity index (χ0n) is 37.3. The van der Waals surface area contributed by atoms with Crippen LogP contribution in [0.1, 0.15) is 0 Å². The lowest BCUT2D eigenvalue weighted by molar-refractivity contribution is 1.06. The largest absolute Gasteiger partial charge is 0.309 e. The Hall–Kier alpha value is -9.39. The Morgan fingerprint density at radius 1 is 0.232 bits per heavy atom. The van der Waals surface area contributed by atoms with Gasteiger partial charge in [0.05, 0.1) is 38.8 Å². The summed E-state index contributed by atoms with van der Waals surface area (Å²) in [6, 6.07) is 86.4. The highest BCUT2D eigenvalue weighted by atomic mass is 15.1. The maximum absolute atomic E-state index is 5.36. The monoisotopic (exact) mass is 880 g/mol. The Kier molecular flexibility index (Phi) is 8.79. The van der Waals surface area contributed by atoms with E-state index in [1.165, 1.54) is 38.1 Å². The second-order valence-corrected chi connectivity index (χ2v) is 17.6. The van der Waals surface area contributed by atoms with Crippen molar-refractivity contribution in [3.05, 3.63) is 243 Å². The van der Waals surface area contributed by atoms with Crippen LogP contribution in [0.3, 0.4) is 0 Å². The van der Waals surface area contributed by atoms with Gasteiger partial charge in [-0.25, -0.2) is 15.0 Å². The van der Waals surface area contributed by atoms with Gasteiger partial charge in [0.15, 0.2) is 17.5 Å². The molecule has 0 atom stereocenters. The van der Waals surface area contributed by atoms with E-state index in [4.69, 9.17) is 15.0 Å². The van der Waals surface area contributed by atoms with E-state index in [0.29, 0.717) is 17.5 Å². The Labute approximate surface area is 397 Å². The second-order valence-electron chi connectivity index (χ2n) is 17.6. The van der Waals surface area contributed by atoms with Gasteiger partial charge in [0, 0.05) is 60.4 Å². The normalized spacial score (nSPS) is 11.8. The van der Waals surface area contributed by atoms with E-state index >= 15 is 0 Å². The summed E-state index contributed by atoms with van der Waals surface area (Å²) in [5.74, 6) is 1.82. The number of benzene rings is 10. The molecule has 14 aromatic rings. The Morgan fingerprint density at radius 3 is 1.23 bits per heavy atom. The van der Waals surface area contributed by atoms with E-state index in [1.807, 2.05) is 36.4 Å². The molecule has 0 unspecified atom stereocenters. The van der Waals surface area contributed by atoms with E-state index in [9.17, 15) is 0 Å². The molecule has 14 rings (SSSR count). The van der Waals surface area contributed by atoms with Crippen LogP contribution in [0.2, 0.25) is 0 Å². The topological polar surface area (TPSA) is 53.5 Å². The van der Waals surface area contributed by atoms with E-state index in [-0.39, 0.29) is 0 Å². The van der Waals surface area contributed by atoms with Gasteiger partial charge in [-0.3, -0.25) is 0 Å². The molecule has 0 aliphatic heterocycles. The lowest BCUT2D eigenvalue weighted by Gasteiger charge is -2.17. The number of para-hydroxylation sites is 5. The van der Waals surface area contributed by atoms with Crippen LogP contribution < -0.4 is 0 Å². The highest BCUT2D eigenvalue weighted by Gasteiger charge is 2.22. The van der Waals surface area contributed by atoms with Crippen LogP contribution in [0.5, 0.6) is 0 Å². The lowest BCUT2D eigenvalue weighted by Crippen LogP contribution is -2.04. The number of aromatic nitrogens is 6. The molecule has 4 heterocycles. The molecular weight excluding hydrogens is 841 g/mol. The van der Waals surface area contributed by atoms with E-state index in [2.05, 4.69) is 220 Å². The Balaban J connectivity index is 1.03. The number of nitrogens with zero attached hydrogens (tertiary/aromatic N) is 6. The van der Waals surface area contributed by atoms with Crippen LogP contribution in [0.15, 0.2) is 243 Å². The van der Waals surface area contributed by atoms with Crippen LogP contribution >= 0.6 is 0 Å². The molecule has 6 nitrogen and oxygen atoms in total. The molecule has 0 N–H and O–H groups in total. The Bertz CT molecular complexity index is 4190. The number of hydrogen-bond donors (Lipinski definition) is 0. The molecule has 0 aliphatic rings. The SMILES string of the molecule is c1ccc(-c2nc(-c3ccccc3)nc(-c3cc(-c4ccc5c6ccccc6n(-c6ccccc6)c5c4)ccc3-n3c4ccccc4c4cc(-n5c6ccccc6c6ccccc65)ccc43)n2)cc1. The van der Waals surface area contributed by atoms with Gasteiger partial charge in [-0.2, -0.15) is 0 Å². The van der Waals surface area contributed by atoms with Crippen molar-refractivity contribution in [3.63, 3.8) is 0 Å². The maximum atomic E-state index is 5.36. The fourth-order valence-corrected chi connectivity index (χ4v) is 10.6. The molecule has 0 radical (unpaired) electrons. The molecule has 10 aromatic carbocycles. The summed E-state index contributed by atoms with van der Waals surface area (Å²) in [4.78, 5) is 15.8. The number of rotatable bonds is 7. The van der Waals surface area contributed by atoms with E-state index in [0.717, 1.165) is 72.2 Å². The van der Waals surface area contributed by atoms with Crippen molar-refractivity contribution in [2.75, 3.05) is 0 Å². The quantitative estimate of drug-likeness (QED) is 0.160. The molecule has 0 saturated carbocycles. The van der Waals surface area contributed by atoms with Crippen molar-refractivity contribution < 1.29 is 0 Å². The third kappa shape index (κ3) is 6.23. The zero-order chi connectivity index (χ0) is 45.4. The van der Waals surface area contributed by atoms with Crippen molar-refractivity contribution >= 4 is 65.4 Å². The number of hydrogen-bond acceptors (Lipinski definition) is 3. The van der Waals surface area contributed by atoms with Crippen LogP contribution in [0, 0.1) is 0 Å². The molecule has 4 aromatic heterocycles. The summed E-state index contributed by atoms with van der Waals surface area (Å²) in [6.45, 7) is 0. The fourth-order valence-electron chi connectivity index (χ4n) is 10.6. The van der Waals surface area contributed by atoms with E-state index in [1.54, 1.807) is 0 Å². The van der Waals surface area contributed by atoms with Crippen molar-refractivity contribution in [1.29, 1.82) is 0 Å². The summed E-state index contributed by atoms with van der Waals surface area (Å²) in [6.07, 6.45) is 0. The maximum Gasteiger partial charge on any atom is 0.166 e. The van der Waals surface area contributed by atoms with E-state index < -0.39 is 0 Å². The van der Waals surface area contributed by atoms with Crippen LogP contribution in [-0.2, 0) is 0 Å². The molecule has 0 saturated heterocycles. The third-order valence-corrected chi connectivity index (χ3v) is 13.7. The average molecular weight is 881 g/mol. The van der Waals surface area contributed by atoms with Crippen molar-refractivity contribution in [2.24, 2.45) is 0 Å². The third-order valence-electron chi connectivity index (χ3n) is 13.7. The second kappa shape index (κ2) is 15.6. The van der Waals surface area contributed by atoms with Crippen molar-refractivity contribution in [1.82, 2.24) is 28.7 Å². The molecule has 0 bridgehead atoms. The molecule has 0 spiro atoms. The fraction of sp³-hybridized carbons (Fsp3) is 0. The van der Waals surface area contributed by atoms with Crippen LogP contribution in [0.4, 0.5) is 0 Å². The summed E-state index contributed by atoms with van der Waals surface area (Å²) in [7, 11) is 0. The molecule has 0 amide bonds. The molecule has 69 heavy (non-hydrogen) atoms. The van der Waals surface area contributed by atoms with Gasteiger partial charge in [0.25, 0.3) is 0 Å². The zero-order valence-corrected chi connectivity index (χ0v) is 37.3. The minimum atomic E-state index is 0.590. The first-order valence-electron chi connectivity index (χ1n) is 23.4. The first kappa shape index (κ1) is 38.8. The van der Waals surface area contributed by atoms with Crippen LogP contribution in [-0.4, -0.2) is 28.7 Å². The highest BCUT2D eigenvalue weighted by molar-refractivity contribution is 6.13. The number of fused-ring (bicyclic) bond motifs is 9. The average Bonchev–Trinajstić information content (AvgIpc) is 4.06. The molecule has 322 valence electrons. The van der Waals surface area contributed by atoms with Crippen LogP contribution in [0.25, 0.3) is 128 Å². The van der Waals surface area contributed by atoms with Gasteiger partial charge >= 0.3 is 0 Å². The van der Waals surface area contributed by atoms with Gasteiger partial charge < -0.3 is 13.7 Å². The standard InChI is InChI=1S/C63H40N6/c1-4-18-41(19-5-1)61-64-62(42-20-6-2-7-21-42)66-63(65-61)53-38-43(44-32-35-51-49-26-12-14-28-54(49)67(60(51)39-44)45-22-8-3-9-23-45)33-36-59(53)69-57-31-17-13-27-50(57)52-40-46(34-37-58(52)69)68-55-29-15-10-24-47(55)48-25-11-16-30-56(48)68/h1-40H. The summed E-state index contributed by atoms with van der Waals surface area (Å²) >= 11 is 0. The van der Waals surface area contributed by atoms with Gasteiger partial charge in [-0.05, 0) is 83.9 Å². The first-order valence-corrected chi connectivity index (χ1v) is 23.4.